The van der Waals surface area contributed by atoms with Crippen LogP contribution in [0.2, 0.25) is 0 Å². The summed E-state index contributed by atoms with van der Waals surface area (Å²) < 4.78 is 0.834. The van der Waals surface area contributed by atoms with Gasteiger partial charge in [0.15, 0.2) is 0 Å². The van der Waals surface area contributed by atoms with E-state index in [1.807, 2.05) is 0 Å². The van der Waals surface area contributed by atoms with E-state index in [0.29, 0.717) is 17.1 Å². The highest BCUT2D eigenvalue weighted by Crippen LogP contribution is 2.49. The van der Waals surface area contributed by atoms with E-state index >= 15 is 0 Å². The Kier molecular flexibility index (Phi) is 4.50. The zero-order valence-electron chi connectivity index (χ0n) is 14.3. The van der Waals surface area contributed by atoms with E-state index in [4.69, 9.17) is 0 Å². The first-order valence-corrected chi connectivity index (χ1v) is 8.82. The van der Waals surface area contributed by atoms with Crippen molar-refractivity contribution in [1.29, 1.82) is 0 Å². The summed E-state index contributed by atoms with van der Waals surface area (Å²) in [4.78, 5) is 0. The predicted octanol–water partition coefficient (Wildman–Crippen LogP) is 6.38. The molecule has 1 saturated carbocycles. The SMILES string of the molecule is CC1CC(c2cc(C(C)(C)C)cc(Br)c2O)CC(C)(C)C1. The average Bonchev–Trinajstić information content (AvgIpc) is 2.28. The predicted molar refractivity (Wildman–Crippen MR) is 94.0 cm³/mol. The van der Waals surface area contributed by atoms with Gasteiger partial charge in [0.25, 0.3) is 0 Å². The summed E-state index contributed by atoms with van der Waals surface area (Å²) >= 11 is 3.55. The lowest BCUT2D eigenvalue weighted by Gasteiger charge is -2.39. The summed E-state index contributed by atoms with van der Waals surface area (Å²) in [5.74, 6) is 1.62. The Labute approximate surface area is 138 Å². The van der Waals surface area contributed by atoms with Gasteiger partial charge in [-0.1, -0.05) is 47.6 Å². The third-order valence-corrected chi connectivity index (χ3v) is 5.39. The molecule has 0 bridgehead atoms. The van der Waals surface area contributed by atoms with Gasteiger partial charge in [0, 0.05) is 0 Å². The molecule has 0 aliphatic heterocycles. The lowest BCUT2D eigenvalue weighted by atomic mass is 9.66. The molecule has 2 heteroatoms. The molecule has 2 rings (SSSR count). The van der Waals surface area contributed by atoms with E-state index in [0.717, 1.165) is 22.4 Å². The Morgan fingerprint density at radius 2 is 1.81 bits per heavy atom. The van der Waals surface area contributed by atoms with Gasteiger partial charge in [-0.2, -0.15) is 0 Å². The van der Waals surface area contributed by atoms with Crippen LogP contribution in [0.1, 0.15) is 77.8 Å². The molecule has 1 N–H and O–H groups in total. The van der Waals surface area contributed by atoms with E-state index in [9.17, 15) is 5.11 Å². The van der Waals surface area contributed by atoms with Crippen LogP contribution in [0.5, 0.6) is 5.75 Å². The molecule has 0 amide bonds. The molecule has 1 aromatic carbocycles. The van der Waals surface area contributed by atoms with Crippen LogP contribution < -0.4 is 0 Å². The molecule has 1 fully saturated rings. The number of aromatic hydroxyl groups is 1. The molecule has 1 aliphatic carbocycles. The zero-order valence-corrected chi connectivity index (χ0v) is 15.8. The lowest BCUT2D eigenvalue weighted by Crippen LogP contribution is -2.26. The van der Waals surface area contributed by atoms with Crippen molar-refractivity contribution in [3.63, 3.8) is 0 Å². The van der Waals surface area contributed by atoms with Crippen LogP contribution in [0.15, 0.2) is 16.6 Å². The Hall–Kier alpha value is -0.500. The van der Waals surface area contributed by atoms with Crippen molar-refractivity contribution in [2.45, 2.75) is 72.1 Å². The summed E-state index contributed by atoms with van der Waals surface area (Å²) in [5, 5.41) is 10.5. The van der Waals surface area contributed by atoms with Crippen LogP contribution in [0.25, 0.3) is 0 Å². The Balaban J connectivity index is 2.45. The summed E-state index contributed by atoms with van der Waals surface area (Å²) in [6, 6.07) is 4.30. The number of phenols is 1. The minimum Gasteiger partial charge on any atom is -0.506 e. The molecule has 0 radical (unpaired) electrons. The highest BCUT2D eigenvalue weighted by atomic mass is 79.9. The molecular formula is C19H29BrO. The first-order chi connectivity index (χ1) is 9.49. The fourth-order valence-electron chi connectivity index (χ4n) is 3.95. The topological polar surface area (TPSA) is 20.2 Å². The van der Waals surface area contributed by atoms with Crippen molar-refractivity contribution in [2.75, 3.05) is 0 Å². The van der Waals surface area contributed by atoms with Crippen molar-refractivity contribution < 1.29 is 5.11 Å². The smallest absolute Gasteiger partial charge is 0.133 e. The van der Waals surface area contributed by atoms with E-state index in [2.05, 4.69) is 69.6 Å². The van der Waals surface area contributed by atoms with E-state index in [1.54, 1.807) is 0 Å². The standard InChI is InChI=1S/C19H29BrO/c1-12-7-13(11-19(5,6)10-12)15-8-14(18(2,3)4)9-16(20)17(15)21/h8-9,12-13,21H,7,10-11H2,1-6H3. The minimum absolute atomic E-state index is 0.0980. The van der Waals surface area contributed by atoms with Crippen molar-refractivity contribution in [3.8, 4) is 5.75 Å². The van der Waals surface area contributed by atoms with Gasteiger partial charge < -0.3 is 5.11 Å². The molecule has 1 nitrogen and oxygen atoms in total. The molecule has 0 aromatic heterocycles. The second kappa shape index (κ2) is 5.61. The highest BCUT2D eigenvalue weighted by molar-refractivity contribution is 9.10. The van der Waals surface area contributed by atoms with Gasteiger partial charge in [0.1, 0.15) is 5.75 Å². The number of rotatable bonds is 1. The summed E-state index contributed by atoms with van der Waals surface area (Å²) in [7, 11) is 0. The van der Waals surface area contributed by atoms with E-state index in [-0.39, 0.29) is 5.41 Å². The van der Waals surface area contributed by atoms with Gasteiger partial charge >= 0.3 is 0 Å². The Morgan fingerprint density at radius 3 is 2.33 bits per heavy atom. The average molecular weight is 353 g/mol. The molecule has 2 unspecified atom stereocenters. The molecule has 1 aromatic rings. The lowest BCUT2D eigenvalue weighted by molar-refractivity contribution is 0.167. The normalized spacial score (nSPS) is 25.9. The van der Waals surface area contributed by atoms with Crippen molar-refractivity contribution in [3.05, 3.63) is 27.7 Å². The van der Waals surface area contributed by atoms with Crippen molar-refractivity contribution in [1.82, 2.24) is 0 Å². The Morgan fingerprint density at radius 1 is 1.19 bits per heavy atom. The molecule has 21 heavy (non-hydrogen) atoms. The van der Waals surface area contributed by atoms with Crippen molar-refractivity contribution in [2.24, 2.45) is 11.3 Å². The van der Waals surface area contributed by atoms with Crippen LogP contribution in [0.4, 0.5) is 0 Å². The van der Waals surface area contributed by atoms with Gasteiger partial charge in [-0.15, -0.1) is 0 Å². The summed E-state index contributed by atoms with van der Waals surface area (Å²) in [6.07, 6.45) is 3.62. The molecule has 0 saturated heterocycles. The van der Waals surface area contributed by atoms with Crippen LogP contribution >= 0.6 is 15.9 Å². The fraction of sp³-hybridized carbons (Fsp3) is 0.684. The molecule has 118 valence electrons. The molecule has 0 spiro atoms. The fourth-order valence-corrected chi connectivity index (χ4v) is 4.42. The second-order valence-corrected chi connectivity index (χ2v) is 9.61. The number of halogens is 1. The van der Waals surface area contributed by atoms with Crippen LogP contribution in [-0.2, 0) is 5.41 Å². The number of hydrogen-bond acceptors (Lipinski definition) is 1. The van der Waals surface area contributed by atoms with Gasteiger partial charge in [0.05, 0.1) is 4.47 Å². The van der Waals surface area contributed by atoms with E-state index in [1.165, 1.54) is 18.4 Å². The van der Waals surface area contributed by atoms with Gasteiger partial charge in [-0.3, -0.25) is 0 Å². The first kappa shape index (κ1) is 16.9. The summed E-state index contributed by atoms with van der Waals surface area (Å²) in [5.41, 5.74) is 2.88. The Bertz CT molecular complexity index is 525. The van der Waals surface area contributed by atoms with Crippen LogP contribution in [0, 0.1) is 11.3 Å². The number of benzene rings is 1. The van der Waals surface area contributed by atoms with Gasteiger partial charge in [-0.05, 0) is 75.1 Å². The van der Waals surface area contributed by atoms with Gasteiger partial charge in [0.2, 0.25) is 0 Å². The maximum absolute atomic E-state index is 10.5. The largest absolute Gasteiger partial charge is 0.506 e. The molecule has 2 atom stereocenters. The van der Waals surface area contributed by atoms with Crippen LogP contribution in [0.3, 0.4) is 0 Å². The quantitative estimate of drug-likeness (QED) is 0.621. The highest BCUT2D eigenvalue weighted by Gasteiger charge is 2.34. The van der Waals surface area contributed by atoms with Crippen molar-refractivity contribution >= 4 is 15.9 Å². The zero-order chi connectivity index (χ0) is 16.0. The molecule has 0 heterocycles. The molecular weight excluding hydrogens is 324 g/mol. The van der Waals surface area contributed by atoms with E-state index < -0.39 is 0 Å². The monoisotopic (exact) mass is 352 g/mol. The summed E-state index contributed by atoms with van der Waals surface area (Å²) in [6.45, 7) is 13.7. The van der Waals surface area contributed by atoms with Crippen LogP contribution in [-0.4, -0.2) is 5.11 Å². The second-order valence-electron chi connectivity index (χ2n) is 8.76. The number of phenolic OH excluding ortho intramolecular Hbond substituents is 1. The molecule has 1 aliphatic rings. The third kappa shape index (κ3) is 3.83. The maximum atomic E-state index is 10.5. The maximum Gasteiger partial charge on any atom is 0.133 e. The first-order valence-electron chi connectivity index (χ1n) is 8.02. The third-order valence-electron chi connectivity index (χ3n) is 4.79. The van der Waals surface area contributed by atoms with Gasteiger partial charge in [-0.25, -0.2) is 0 Å². The minimum atomic E-state index is 0.0980. The number of hydrogen-bond donors (Lipinski definition) is 1.